The summed E-state index contributed by atoms with van der Waals surface area (Å²) in [5.74, 6) is -0.730. The molecule has 0 aromatic heterocycles. The van der Waals surface area contributed by atoms with E-state index in [1.54, 1.807) is 12.1 Å². The summed E-state index contributed by atoms with van der Waals surface area (Å²) < 4.78 is 67.8. The van der Waals surface area contributed by atoms with Crippen molar-refractivity contribution in [3.8, 4) is 0 Å². The molecule has 1 saturated carbocycles. The Balaban J connectivity index is 1.85. The molecule has 0 heterocycles. The summed E-state index contributed by atoms with van der Waals surface area (Å²) in [6.07, 6.45) is -0.795. The minimum Gasteiger partial charge on any atom is -0.325 e. The minimum atomic E-state index is -4.68. The molecule has 2 aromatic carbocycles. The van der Waals surface area contributed by atoms with E-state index in [9.17, 15) is 26.4 Å². The first-order chi connectivity index (χ1) is 15.0. The van der Waals surface area contributed by atoms with Crippen LogP contribution < -0.4 is 5.32 Å². The van der Waals surface area contributed by atoms with Gasteiger partial charge in [0.15, 0.2) is 0 Å². The van der Waals surface area contributed by atoms with Crippen molar-refractivity contribution in [2.24, 2.45) is 0 Å². The highest BCUT2D eigenvalue weighted by Crippen LogP contribution is 2.36. The van der Waals surface area contributed by atoms with Gasteiger partial charge in [0.1, 0.15) is 0 Å². The number of rotatable bonds is 6. The summed E-state index contributed by atoms with van der Waals surface area (Å²) in [4.78, 5) is 12.8. The second-order valence-electron chi connectivity index (χ2n) is 7.54. The summed E-state index contributed by atoms with van der Waals surface area (Å²) in [7, 11) is -3.99. The van der Waals surface area contributed by atoms with Crippen molar-refractivity contribution in [2.75, 3.05) is 11.9 Å². The standard InChI is InChI=1S/C21H21BrClF3N2O3S/c22-14-6-9-17(10-7-14)32(30,31)28(16-4-2-1-3-5-16)13-20(29)27-15-8-11-19(23)18(12-15)21(24,25)26/h6-12,16H,1-5,13H2,(H,27,29). The molecule has 174 valence electrons. The fourth-order valence-corrected chi connectivity index (χ4v) is 5.81. The van der Waals surface area contributed by atoms with Gasteiger partial charge in [0.2, 0.25) is 15.9 Å². The number of anilines is 1. The highest BCUT2D eigenvalue weighted by Gasteiger charge is 2.35. The third-order valence-corrected chi connectivity index (χ3v) is 8.03. The summed E-state index contributed by atoms with van der Waals surface area (Å²) in [6.45, 7) is -0.507. The Morgan fingerprint density at radius 2 is 1.72 bits per heavy atom. The van der Waals surface area contributed by atoms with Crippen LogP contribution in [-0.4, -0.2) is 31.2 Å². The highest BCUT2D eigenvalue weighted by atomic mass is 79.9. The first kappa shape index (κ1) is 25.0. The fraction of sp³-hybridized carbons (Fsp3) is 0.381. The fourth-order valence-electron chi connectivity index (χ4n) is 3.68. The Labute approximate surface area is 198 Å². The normalized spacial score (nSPS) is 15.7. The van der Waals surface area contributed by atoms with Gasteiger partial charge in [-0.2, -0.15) is 17.5 Å². The number of nitrogens with zero attached hydrogens (tertiary/aromatic N) is 1. The molecule has 1 aliphatic carbocycles. The van der Waals surface area contributed by atoms with Crippen molar-refractivity contribution in [3.63, 3.8) is 0 Å². The van der Waals surface area contributed by atoms with Crippen molar-refractivity contribution in [1.29, 1.82) is 0 Å². The zero-order chi connectivity index (χ0) is 23.5. The molecule has 0 spiro atoms. The van der Waals surface area contributed by atoms with Gasteiger partial charge in [-0.15, -0.1) is 0 Å². The lowest BCUT2D eigenvalue weighted by Gasteiger charge is -2.33. The van der Waals surface area contributed by atoms with E-state index in [0.717, 1.165) is 35.7 Å². The van der Waals surface area contributed by atoms with E-state index in [1.807, 2.05) is 0 Å². The molecule has 0 saturated heterocycles. The van der Waals surface area contributed by atoms with Gasteiger partial charge in [0.05, 0.1) is 22.0 Å². The Hall–Kier alpha value is -1.62. The van der Waals surface area contributed by atoms with Gasteiger partial charge in [0.25, 0.3) is 0 Å². The van der Waals surface area contributed by atoms with Crippen LogP contribution in [0.25, 0.3) is 0 Å². The molecule has 5 nitrogen and oxygen atoms in total. The van der Waals surface area contributed by atoms with Gasteiger partial charge >= 0.3 is 6.18 Å². The van der Waals surface area contributed by atoms with Crippen molar-refractivity contribution in [1.82, 2.24) is 4.31 Å². The van der Waals surface area contributed by atoms with Crippen LogP contribution in [-0.2, 0) is 21.0 Å². The number of nitrogens with one attached hydrogen (secondary N) is 1. The number of halogens is 5. The molecule has 1 amide bonds. The number of benzene rings is 2. The van der Waals surface area contributed by atoms with Crippen LogP contribution >= 0.6 is 27.5 Å². The molecule has 1 aliphatic rings. The molecule has 2 aromatic rings. The number of carbonyl (C=O) groups excluding carboxylic acids is 1. The topological polar surface area (TPSA) is 66.5 Å². The molecule has 1 N–H and O–H groups in total. The molecule has 0 unspecified atom stereocenters. The van der Waals surface area contributed by atoms with Crippen LogP contribution in [0, 0.1) is 0 Å². The van der Waals surface area contributed by atoms with Crippen molar-refractivity contribution >= 4 is 49.1 Å². The van der Waals surface area contributed by atoms with Gasteiger partial charge in [-0.1, -0.05) is 46.8 Å². The van der Waals surface area contributed by atoms with Gasteiger partial charge in [-0.05, 0) is 55.3 Å². The molecule has 0 radical (unpaired) electrons. The summed E-state index contributed by atoms with van der Waals surface area (Å²) in [6, 6.07) is 8.73. The Morgan fingerprint density at radius 1 is 1.09 bits per heavy atom. The monoisotopic (exact) mass is 552 g/mol. The smallest absolute Gasteiger partial charge is 0.325 e. The number of hydrogen-bond donors (Lipinski definition) is 1. The second-order valence-corrected chi connectivity index (χ2v) is 10.8. The van der Waals surface area contributed by atoms with Gasteiger partial charge in [0, 0.05) is 16.2 Å². The number of sulfonamides is 1. The molecule has 0 bridgehead atoms. The first-order valence-electron chi connectivity index (χ1n) is 9.92. The maximum atomic E-state index is 13.3. The lowest BCUT2D eigenvalue weighted by atomic mass is 9.95. The Morgan fingerprint density at radius 3 is 2.31 bits per heavy atom. The van der Waals surface area contributed by atoms with E-state index in [4.69, 9.17) is 11.6 Å². The van der Waals surface area contributed by atoms with E-state index in [-0.39, 0.29) is 16.6 Å². The maximum absolute atomic E-state index is 13.3. The first-order valence-corrected chi connectivity index (χ1v) is 12.5. The molecular formula is C21H21BrClF3N2O3S. The lowest BCUT2D eigenvalue weighted by molar-refractivity contribution is -0.137. The number of amides is 1. The number of alkyl halides is 3. The van der Waals surface area contributed by atoms with Gasteiger partial charge in [-0.3, -0.25) is 4.79 Å². The van der Waals surface area contributed by atoms with Crippen LogP contribution in [0.5, 0.6) is 0 Å². The summed E-state index contributed by atoms with van der Waals surface area (Å²) in [5.41, 5.74) is -1.19. The quantitative estimate of drug-likeness (QED) is 0.471. The predicted octanol–water partition coefficient (Wildman–Crippen LogP) is 6.08. The van der Waals surface area contributed by atoms with Gasteiger partial charge in [-0.25, -0.2) is 8.42 Å². The molecule has 3 rings (SSSR count). The van der Waals surface area contributed by atoms with Crippen LogP contribution in [0.3, 0.4) is 0 Å². The van der Waals surface area contributed by atoms with Crippen LogP contribution in [0.2, 0.25) is 5.02 Å². The zero-order valence-electron chi connectivity index (χ0n) is 16.8. The zero-order valence-corrected chi connectivity index (χ0v) is 20.0. The molecule has 0 atom stereocenters. The summed E-state index contributed by atoms with van der Waals surface area (Å²) >= 11 is 8.88. The van der Waals surface area contributed by atoms with Crippen LogP contribution in [0.4, 0.5) is 18.9 Å². The highest BCUT2D eigenvalue weighted by molar-refractivity contribution is 9.10. The predicted molar refractivity (Wildman–Crippen MR) is 120 cm³/mol. The Kier molecular flexibility index (Phi) is 7.90. The SMILES string of the molecule is O=C(CN(C1CCCCC1)S(=O)(=O)c1ccc(Br)cc1)Nc1ccc(Cl)c(C(F)(F)F)c1. The Bertz CT molecular complexity index is 1070. The average molecular weight is 554 g/mol. The molecule has 0 aliphatic heterocycles. The molecule has 32 heavy (non-hydrogen) atoms. The van der Waals surface area contributed by atoms with Crippen LogP contribution in [0.1, 0.15) is 37.7 Å². The lowest BCUT2D eigenvalue weighted by Crippen LogP contribution is -2.45. The van der Waals surface area contributed by atoms with E-state index in [2.05, 4.69) is 21.2 Å². The van der Waals surface area contributed by atoms with Crippen molar-refractivity contribution in [3.05, 3.63) is 57.5 Å². The van der Waals surface area contributed by atoms with E-state index in [1.165, 1.54) is 18.2 Å². The molecule has 1 fully saturated rings. The third-order valence-electron chi connectivity index (χ3n) is 5.26. The van der Waals surface area contributed by atoms with Crippen molar-refractivity contribution in [2.45, 2.75) is 49.2 Å². The third kappa shape index (κ3) is 6.03. The maximum Gasteiger partial charge on any atom is 0.417 e. The minimum absolute atomic E-state index is 0.0462. The van der Waals surface area contributed by atoms with Crippen LogP contribution in [0.15, 0.2) is 51.8 Å². The van der Waals surface area contributed by atoms with Crippen molar-refractivity contribution < 1.29 is 26.4 Å². The molecule has 11 heteroatoms. The van der Waals surface area contributed by atoms with E-state index >= 15 is 0 Å². The molecular weight excluding hydrogens is 533 g/mol. The van der Waals surface area contributed by atoms with Gasteiger partial charge < -0.3 is 5.32 Å². The number of hydrogen-bond acceptors (Lipinski definition) is 3. The largest absolute Gasteiger partial charge is 0.417 e. The summed E-state index contributed by atoms with van der Waals surface area (Å²) in [5, 5.41) is 1.88. The average Bonchev–Trinajstić information content (AvgIpc) is 2.73. The van der Waals surface area contributed by atoms with E-state index in [0.29, 0.717) is 17.3 Å². The number of carbonyl (C=O) groups is 1. The second kappa shape index (κ2) is 10.1. The van der Waals surface area contributed by atoms with E-state index < -0.39 is 39.2 Å².